The van der Waals surface area contributed by atoms with Gasteiger partial charge in [-0.25, -0.2) is 4.98 Å². The molecular weight excluding hydrogens is 210 g/mol. The first-order valence-electron chi connectivity index (χ1n) is 5.16. The fourth-order valence-electron chi connectivity index (χ4n) is 1.66. The number of aryl methyl sites for hydroxylation is 1. The molecule has 2 heterocycles. The highest BCUT2D eigenvalue weighted by Gasteiger charge is 2.28. The Labute approximate surface area is 93.3 Å². The van der Waals surface area contributed by atoms with Gasteiger partial charge in [0.2, 0.25) is 0 Å². The Morgan fingerprint density at radius 3 is 2.87 bits per heavy atom. The van der Waals surface area contributed by atoms with Crippen LogP contribution in [0.1, 0.15) is 21.6 Å². The van der Waals surface area contributed by atoms with E-state index in [0.717, 1.165) is 29.5 Å². The van der Waals surface area contributed by atoms with Crippen LogP contribution in [0.5, 0.6) is 0 Å². The number of hydrogen-bond acceptors (Lipinski definition) is 4. The zero-order chi connectivity index (χ0) is 10.8. The van der Waals surface area contributed by atoms with Crippen LogP contribution in [0.2, 0.25) is 0 Å². The van der Waals surface area contributed by atoms with E-state index in [1.54, 1.807) is 6.20 Å². The molecule has 15 heavy (non-hydrogen) atoms. The molecule has 0 atom stereocenters. The van der Waals surface area contributed by atoms with Crippen molar-refractivity contribution < 1.29 is 4.79 Å². The molecule has 1 aromatic heterocycles. The highest BCUT2D eigenvalue weighted by Crippen LogP contribution is 2.16. The van der Waals surface area contributed by atoms with Crippen molar-refractivity contribution in [1.29, 1.82) is 0 Å². The number of likely N-dealkylation sites (N-methyl/N-ethyl adjacent to an activating group) is 1. The van der Waals surface area contributed by atoms with Gasteiger partial charge in [0.05, 0.1) is 17.2 Å². The Morgan fingerprint density at radius 2 is 2.47 bits per heavy atom. The second-order valence-corrected chi connectivity index (χ2v) is 4.88. The monoisotopic (exact) mass is 225 g/mol. The molecule has 1 aromatic rings. The highest BCUT2D eigenvalue weighted by molar-refractivity contribution is 7.13. The molecule has 1 aliphatic rings. The number of carbonyl (C=O) groups is 1. The molecular formula is C10H15N3OS. The van der Waals surface area contributed by atoms with Crippen LogP contribution in [-0.4, -0.2) is 41.5 Å². The summed E-state index contributed by atoms with van der Waals surface area (Å²) in [6.07, 6.45) is 1.68. The Hall–Kier alpha value is -0.940. The lowest BCUT2D eigenvalue weighted by Crippen LogP contribution is -2.58. The van der Waals surface area contributed by atoms with Crippen molar-refractivity contribution in [2.45, 2.75) is 19.9 Å². The third-order valence-corrected chi connectivity index (χ3v) is 3.54. The second-order valence-electron chi connectivity index (χ2n) is 3.65. The highest BCUT2D eigenvalue weighted by atomic mass is 32.1. The third-order valence-electron chi connectivity index (χ3n) is 2.63. The van der Waals surface area contributed by atoms with E-state index in [2.05, 4.69) is 10.3 Å². The summed E-state index contributed by atoms with van der Waals surface area (Å²) in [6.45, 7) is 6.53. The number of nitrogens with one attached hydrogen (secondary N) is 1. The average molecular weight is 225 g/mol. The summed E-state index contributed by atoms with van der Waals surface area (Å²) >= 11 is 1.47. The molecule has 0 saturated carbocycles. The van der Waals surface area contributed by atoms with Crippen LogP contribution in [0, 0.1) is 6.92 Å². The van der Waals surface area contributed by atoms with E-state index in [1.165, 1.54) is 11.3 Å². The Balaban J connectivity index is 2.10. The van der Waals surface area contributed by atoms with Crippen LogP contribution >= 0.6 is 11.3 Å². The van der Waals surface area contributed by atoms with Crippen LogP contribution in [0.3, 0.4) is 0 Å². The first-order valence-corrected chi connectivity index (χ1v) is 5.98. The Morgan fingerprint density at radius 1 is 1.73 bits per heavy atom. The van der Waals surface area contributed by atoms with E-state index < -0.39 is 0 Å². The summed E-state index contributed by atoms with van der Waals surface area (Å²) in [5.74, 6) is 0.120. The van der Waals surface area contributed by atoms with Gasteiger partial charge < -0.3 is 10.2 Å². The normalized spacial score (nSPS) is 16.1. The molecule has 82 valence electrons. The summed E-state index contributed by atoms with van der Waals surface area (Å²) < 4.78 is 0. The summed E-state index contributed by atoms with van der Waals surface area (Å²) in [6, 6.07) is 0.366. The van der Waals surface area contributed by atoms with Gasteiger partial charge in [0.15, 0.2) is 0 Å². The minimum absolute atomic E-state index is 0.120. The molecule has 1 N–H and O–H groups in total. The van der Waals surface area contributed by atoms with Crippen molar-refractivity contribution in [2.75, 3.05) is 19.6 Å². The fourth-order valence-corrected chi connectivity index (χ4v) is 2.40. The first kappa shape index (κ1) is 10.6. The van der Waals surface area contributed by atoms with Crippen molar-refractivity contribution in [3.05, 3.63) is 16.1 Å². The second kappa shape index (κ2) is 4.28. The number of rotatable bonds is 3. The largest absolute Gasteiger partial charge is 0.333 e. The molecule has 1 amide bonds. The van der Waals surface area contributed by atoms with Crippen LogP contribution in [-0.2, 0) is 0 Å². The number of thiazole rings is 1. The standard InChI is InChI=1S/C10H15N3OS/c1-3-13(8-4-11-5-8)10(14)9-6-12-7(2)15-9/h6,8,11H,3-5H2,1-2H3. The van der Waals surface area contributed by atoms with E-state index in [1.807, 2.05) is 18.7 Å². The zero-order valence-corrected chi connectivity index (χ0v) is 9.80. The number of amides is 1. The van der Waals surface area contributed by atoms with Crippen LogP contribution in [0.25, 0.3) is 0 Å². The maximum Gasteiger partial charge on any atom is 0.265 e. The third kappa shape index (κ3) is 2.03. The van der Waals surface area contributed by atoms with E-state index in [4.69, 9.17) is 0 Å². The number of hydrogen-bond donors (Lipinski definition) is 1. The molecule has 0 spiro atoms. The summed E-state index contributed by atoms with van der Waals surface area (Å²) in [5, 5.41) is 4.13. The smallest absolute Gasteiger partial charge is 0.265 e. The van der Waals surface area contributed by atoms with Gasteiger partial charge in [-0.15, -0.1) is 11.3 Å². The predicted octanol–water partition coefficient (Wildman–Crippen LogP) is 0.885. The molecule has 0 bridgehead atoms. The van der Waals surface area contributed by atoms with Gasteiger partial charge in [-0.05, 0) is 13.8 Å². The molecule has 4 nitrogen and oxygen atoms in total. The molecule has 1 saturated heterocycles. The maximum atomic E-state index is 12.1. The topological polar surface area (TPSA) is 45.2 Å². The van der Waals surface area contributed by atoms with Gasteiger partial charge >= 0.3 is 0 Å². The lowest BCUT2D eigenvalue weighted by atomic mass is 10.1. The van der Waals surface area contributed by atoms with Crippen LogP contribution < -0.4 is 5.32 Å². The maximum absolute atomic E-state index is 12.1. The van der Waals surface area contributed by atoms with Crippen LogP contribution in [0.4, 0.5) is 0 Å². The van der Waals surface area contributed by atoms with Gasteiger partial charge in [0.25, 0.3) is 5.91 Å². The first-order chi connectivity index (χ1) is 7.22. The molecule has 1 fully saturated rings. The van der Waals surface area contributed by atoms with Gasteiger partial charge in [0, 0.05) is 19.6 Å². The predicted molar refractivity (Wildman–Crippen MR) is 60.2 cm³/mol. The van der Waals surface area contributed by atoms with Crippen molar-refractivity contribution in [2.24, 2.45) is 0 Å². The van der Waals surface area contributed by atoms with Crippen molar-refractivity contribution in [3.8, 4) is 0 Å². The summed E-state index contributed by atoms with van der Waals surface area (Å²) in [7, 11) is 0. The minimum atomic E-state index is 0.120. The van der Waals surface area contributed by atoms with E-state index >= 15 is 0 Å². The Kier molecular flexibility index (Phi) is 3.02. The van der Waals surface area contributed by atoms with Crippen molar-refractivity contribution in [3.63, 3.8) is 0 Å². The van der Waals surface area contributed by atoms with Gasteiger partial charge in [0.1, 0.15) is 4.88 Å². The van der Waals surface area contributed by atoms with Crippen molar-refractivity contribution in [1.82, 2.24) is 15.2 Å². The van der Waals surface area contributed by atoms with Crippen molar-refractivity contribution >= 4 is 17.2 Å². The summed E-state index contributed by atoms with van der Waals surface area (Å²) in [4.78, 5) is 18.9. The number of nitrogens with zero attached hydrogens (tertiary/aromatic N) is 2. The lowest BCUT2D eigenvalue weighted by Gasteiger charge is -2.37. The minimum Gasteiger partial charge on any atom is -0.333 e. The number of aromatic nitrogens is 1. The van der Waals surface area contributed by atoms with E-state index in [9.17, 15) is 4.79 Å². The molecule has 1 aliphatic heterocycles. The van der Waals surface area contributed by atoms with Crippen LogP contribution in [0.15, 0.2) is 6.20 Å². The fraction of sp³-hybridized carbons (Fsp3) is 0.600. The molecule has 5 heteroatoms. The van der Waals surface area contributed by atoms with E-state index in [-0.39, 0.29) is 5.91 Å². The average Bonchev–Trinajstić information content (AvgIpc) is 2.57. The van der Waals surface area contributed by atoms with E-state index in [0.29, 0.717) is 6.04 Å². The Bertz CT molecular complexity index is 359. The SMILES string of the molecule is CCN(C(=O)c1cnc(C)s1)C1CNC1. The molecule has 0 aliphatic carbocycles. The molecule has 0 radical (unpaired) electrons. The molecule has 0 unspecified atom stereocenters. The van der Waals surface area contributed by atoms with Gasteiger partial charge in [-0.3, -0.25) is 4.79 Å². The summed E-state index contributed by atoms with van der Waals surface area (Å²) in [5.41, 5.74) is 0. The molecule has 2 rings (SSSR count). The van der Waals surface area contributed by atoms with Gasteiger partial charge in [-0.2, -0.15) is 0 Å². The molecule has 0 aromatic carbocycles. The zero-order valence-electron chi connectivity index (χ0n) is 8.99. The quantitative estimate of drug-likeness (QED) is 0.831. The number of carbonyl (C=O) groups excluding carboxylic acids is 1. The van der Waals surface area contributed by atoms with Gasteiger partial charge in [-0.1, -0.05) is 0 Å². The lowest BCUT2D eigenvalue weighted by molar-refractivity contribution is 0.0635.